The van der Waals surface area contributed by atoms with Gasteiger partial charge in [-0.05, 0) is 18.6 Å². The van der Waals surface area contributed by atoms with Gasteiger partial charge in [0, 0.05) is 27.1 Å². The number of rotatable bonds is 5. The van der Waals surface area contributed by atoms with Crippen molar-refractivity contribution in [3.05, 3.63) is 29.3 Å². The Bertz CT molecular complexity index is 555. The van der Waals surface area contributed by atoms with Crippen molar-refractivity contribution in [1.82, 2.24) is 10.2 Å². The molecule has 0 radical (unpaired) electrons. The van der Waals surface area contributed by atoms with Crippen molar-refractivity contribution in [2.75, 3.05) is 26.0 Å². The zero-order valence-electron chi connectivity index (χ0n) is 12.3. The van der Waals surface area contributed by atoms with E-state index in [0.717, 1.165) is 0 Å². The SMILES string of the molecule is Cc1cccc(C(=O)O)c1NC(=O)NCCC(=O)N(C)C. The Morgan fingerprint density at radius 2 is 1.90 bits per heavy atom. The summed E-state index contributed by atoms with van der Waals surface area (Å²) in [7, 11) is 3.27. The van der Waals surface area contributed by atoms with Crippen molar-refractivity contribution in [1.29, 1.82) is 0 Å². The van der Waals surface area contributed by atoms with E-state index in [0.29, 0.717) is 5.56 Å². The van der Waals surface area contributed by atoms with E-state index in [4.69, 9.17) is 5.11 Å². The smallest absolute Gasteiger partial charge is 0.337 e. The lowest BCUT2D eigenvalue weighted by Gasteiger charge is -2.13. The fourth-order valence-corrected chi connectivity index (χ4v) is 1.68. The Morgan fingerprint density at radius 3 is 2.48 bits per heavy atom. The molecule has 3 N–H and O–H groups in total. The van der Waals surface area contributed by atoms with Crippen LogP contribution < -0.4 is 10.6 Å². The summed E-state index contributed by atoms with van der Waals surface area (Å²) in [4.78, 5) is 35.7. The van der Waals surface area contributed by atoms with Crippen LogP contribution in [0.3, 0.4) is 0 Å². The quantitative estimate of drug-likeness (QED) is 0.762. The van der Waals surface area contributed by atoms with Gasteiger partial charge in [-0.1, -0.05) is 12.1 Å². The van der Waals surface area contributed by atoms with Crippen LogP contribution in [0.2, 0.25) is 0 Å². The molecule has 0 aliphatic heterocycles. The number of nitrogens with one attached hydrogen (secondary N) is 2. The lowest BCUT2D eigenvalue weighted by molar-refractivity contribution is -0.128. The summed E-state index contributed by atoms with van der Waals surface area (Å²) in [5, 5.41) is 14.1. The number of amides is 3. The number of carboxylic acids is 1. The van der Waals surface area contributed by atoms with Crippen molar-refractivity contribution in [3.8, 4) is 0 Å². The van der Waals surface area contributed by atoms with E-state index < -0.39 is 12.0 Å². The molecule has 0 aliphatic carbocycles. The molecule has 0 spiro atoms. The number of carbonyl (C=O) groups is 3. The predicted octanol–water partition coefficient (Wildman–Crippen LogP) is 1.29. The molecular formula is C14H19N3O4. The van der Waals surface area contributed by atoms with Crippen molar-refractivity contribution >= 4 is 23.6 Å². The summed E-state index contributed by atoms with van der Waals surface area (Å²) in [6.45, 7) is 1.88. The molecule has 0 saturated carbocycles. The highest BCUT2D eigenvalue weighted by molar-refractivity contribution is 6.01. The minimum Gasteiger partial charge on any atom is -0.478 e. The molecule has 0 bridgehead atoms. The van der Waals surface area contributed by atoms with Crippen LogP contribution in [-0.4, -0.2) is 48.6 Å². The molecule has 7 heteroatoms. The first-order valence-corrected chi connectivity index (χ1v) is 6.41. The highest BCUT2D eigenvalue weighted by Crippen LogP contribution is 2.20. The maximum atomic E-state index is 11.8. The first-order valence-electron chi connectivity index (χ1n) is 6.41. The number of aromatic carboxylic acids is 1. The molecule has 0 unspecified atom stereocenters. The summed E-state index contributed by atoms with van der Waals surface area (Å²) >= 11 is 0. The lowest BCUT2D eigenvalue weighted by atomic mass is 10.1. The molecule has 3 amide bonds. The monoisotopic (exact) mass is 293 g/mol. The van der Waals surface area contributed by atoms with E-state index in [1.54, 1.807) is 33.2 Å². The van der Waals surface area contributed by atoms with Crippen molar-refractivity contribution in [2.45, 2.75) is 13.3 Å². The highest BCUT2D eigenvalue weighted by Gasteiger charge is 2.14. The molecule has 0 fully saturated rings. The van der Waals surface area contributed by atoms with Gasteiger partial charge in [-0.15, -0.1) is 0 Å². The van der Waals surface area contributed by atoms with Gasteiger partial charge < -0.3 is 20.6 Å². The van der Waals surface area contributed by atoms with Crippen LogP contribution >= 0.6 is 0 Å². The second kappa shape index (κ2) is 7.28. The summed E-state index contributed by atoms with van der Waals surface area (Å²) in [5.74, 6) is -1.21. The zero-order chi connectivity index (χ0) is 16.0. The van der Waals surface area contributed by atoms with Crippen molar-refractivity contribution < 1.29 is 19.5 Å². The highest BCUT2D eigenvalue weighted by atomic mass is 16.4. The van der Waals surface area contributed by atoms with Gasteiger partial charge in [0.15, 0.2) is 0 Å². The van der Waals surface area contributed by atoms with E-state index in [1.807, 2.05) is 0 Å². The third-order valence-electron chi connectivity index (χ3n) is 2.86. The van der Waals surface area contributed by atoms with Gasteiger partial charge in [-0.3, -0.25) is 4.79 Å². The standard InChI is InChI=1S/C14H19N3O4/c1-9-5-4-6-10(13(19)20)12(9)16-14(21)15-8-7-11(18)17(2)3/h4-6H,7-8H2,1-3H3,(H,19,20)(H2,15,16,21). The topological polar surface area (TPSA) is 98.7 Å². The van der Waals surface area contributed by atoms with Crippen LogP contribution in [-0.2, 0) is 4.79 Å². The van der Waals surface area contributed by atoms with Gasteiger partial charge in [0.2, 0.25) is 5.91 Å². The number of anilines is 1. The Kier molecular flexibility index (Phi) is 5.71. The number of urea groups is 1. The molecule has 21 heavy (non-hydrogen) atoms. The van der Waals surface area contributed by atoms with Gasteiger partial charge >= 0.3 is 12.0 Å². The number of aryl methyl sites for hydroxylation is 1. The molecule has 0 saturated heterocycles. The van der Waals surface area contributed by atoms with E-state index in [9.17, 15) is 14.4 Å². The van der Waals surface area contributed by atoms with Crippen molar-refractivity contribution in [2.24, 2.45) is 0 Å². The molecule has 114 valence electrons. The maximum Gasteiger partial charge on any atom is 0.337 e. The second-order valence-electron chi connectivity index (χ2n) is 4.72. The Labute approximate surface area is 122 Å². The summed E-state index contributed by atoms with van der Waals surface area (Å²) in [6.07, 6.45) is 0.181. The first-order chi connectivity index (χ1) is 9.82. The van der Waals surface area contributed by atoms with Crippen LogP contribution in [0.1, 0.15) is 22.3 Å². The molecule has 0 aromatic heterocycles. The van der Waals surface area contributed by atoms with Gasteiger partial charge in [0.05, 0.1) is 11.3 Å². The van der Waals surface area contributed by atoms with Crippen LogP contribution in [0.5, 0.6) is 0 Å². The average Bonchev–Trinajstić information content (AvgIpc) is 2.40. The number of para-hydroxylation sites is 1. The van der Waals surface area contributed by atoms with E-state index in [1.165, 1.54) is 11.0 Å². The zero-order valence-corrected chi connectivity index (χ0v) is 12.3. The summed E-state index contributed by atoms with van der Waals surface area (Å²) in [6, 6.07) is 4.19. The molecular weight excluding hydrogens is 274 g/mol. The number of hydrogen-bond donors (Lipinski definition) is 3. The van der Waals surface area contributed by atoms with E-state index >= 15 is 0 Å². The van der Waals surface area contributed by atoms with Crippen LogP contribution in [0.25, 0.3) is 0 Å². The number of nitrogens with zero attached hydrogens (tertiary/aromatic N) is 1. The summed E-state index contributed by atoms with van der Waals surface area (Å²) < 4.78 is 0. The fourth-order valence-electron chi connectivity index (χ4n) is 1.68. The lowest BCUT2D eigenvalue weighted by Crippen LogP contribution is -2.33. The molecule has 7 nitrogen and oxygen atoms in total. The van der Waals surface area contributed by atoms with Gasteiger partial charge in [-0.2, -0.15) is 0 Å². The molecule has 1 aromatic rings. The molecule has 1 rings (SSSR count). The maximum absolute atomic E-state index is 11.8. The van der Waals surface area contributed by atoms with Gasteiger partial charge in [-0.25, -0.2) is 9.59 Å². The largest absolute Gasteiger partial charge is 0.478 e. The fraction of sp³-hybridized carbons (Fsp3) is 0.357. The molecule has 0 aliphatic rings. The molecule has 0 atom stereocenters. The van der Waals surface area contributed by atoms with E-state index in [-0.39, 0.29) is 30.1 Å². The Morgan fingerprint density at radius 1 is 1.24 bits per heavy atom. The minimum absolute atomic E-state index is 0.0227. The third kappa shape index (κ3) is 4.79. The van der Waals surface area contributed by atoms with E-state index in [2.05, 4.69) is 10.6 Å². The number of carbonyl (C=O) groups excluding carboxylic acids is 2. The van der Waals surface area contributed by atoms with Crippen molar-refractivity contribution in [3.63, 3.8) is 0 Å². The van der Waals surface area contributed by atoms with Crippen LogP contribution in [0, 0.1) is 6.92 Å². The summed E-state index contributed by atoms with van der Waals surface area (Å²) in [5.41, 5.74) is 0.922. The minimum atomic E-state index is -1.11. The van der Waals surface area contributed by atoms with Crippen LogP contribution in [0.4, 0.5) is 10.5 Å². The molecule has 0 heterocycles. The number of hydrogen-bond acceptors (Lipinski definition) is 3. The Balaban J connectivity index is 2.63. The van der Waals surface area contributed by atoms with Gasteiger partial charge in [0.1, 0.15) is 0 Å². The Hall–Kier alpha value is -2.57. The first kappa shape index (κ1) is 16.5. The van der Waals surface area contributed by atoms with Gasteiger partial charge in [0.25, 0.3) is 0 Å². The second-order valence-corrected chi connectivity index (χ2v) is 4.72. The average molecular weight is 293 g/mol. The van der Waals surface area contributed by atoms with Crippen LogP contribution in [0.15, 0.2) is 18.2 Å². The predicted molar refractivity (Wildman–Crippen MR) is 78.5 cm³/mol. The number of carboxylic acid groups (broad SMARTS) is 1. The normalized spacial score (nSPS) is 9.86. The number of benzene rings is 1. The molecule has 1 aromatic carbocycles. The third-order valence-corrected chi connectivity index (χ3v) is 2.86.